The quantitative estimate of drug-likeness (QED) is 0.520. The molecule has 1 aliphatic heterocycles. The maximum Gasteiger partial charge on any atom is 0.146 e. The van der Waals surface area contributed by atoms with Crippen LogP contribution in [-0.2, 0) is 17.5 Å². The van der Waals surface area contributed by atoms with Gasteiger partial charge in [0, 0.05) is 18.5 Å². The molecular weight excluding hydrogens is 392 g/mol. The van der Waals surface area contributed by atoms with Gasteiger partial charge in [-0.2, -0.15) is 0 Å². The van der Waals surface area contributed by atoms with Gasteiger partial charge in [0.2, 0.25) is 0 Å². The van der Waals surface area contributed by atoms with E-state index in [0.29, 0.717) is 12.4 Å². The van der Waals surface area contributed by atoms with Gasteiger partial charge in [-0.15, -0.1) is 0 Å². The number of benzene rings is 3. The van der Waals surface area contributed by atoms with E-state index in [1.165, 1.54) is 18.4 Å². The predicted octanol–water partition coefficient (Wildman–Crippen LogP) is 4.50. The molecule has 0 aliphatic carbocycles. The molecule has 0 amide bonds. The summed E-state index contributed by atoms with van der Waals surface area (Å²) in [5, 5.41) is 3.17. The number of rotatable bonds is 5. The van der Waals surface area contributed by atoms with Crippen molar-refractivity contribution in [3.8, 4) is 0 Å². The van der Waals surface area contributed by atoms with Crippen molar-refractivity contribution in [1.29, 1.82) is 0 Å². The third-order valence-electron chi connectivity index (χ3n) is 5.59. The van der Waals surface area contributed by atoms with Crippen LogP contribution in [-0.4, -0.2) is 27.3 Å². The third kappa shape index (κ3) is 3.68. The Hall–Kier alpha value is -2.83. The Morgan fingerprint density at radius 2 is 1.77 bits per heavy atom. The number of hydrogen-bond donors (Lipinski definition) is 1. The van der Waals surface area contributed by atoms with Crippen LogP contribution in [0.2, 0.25) is 0 Å². The van der Waals surface area contributed by atoms with Gasteiger partial charge in [-0.25, -0.2) is 18.9 Å². The highest BCUT2D eigenvalue weighted by atomic mass is 32.2. The minimum atomic E-state index is -1.35. The molecule has 0 saturated carbocycles. The lowest BCUT2D eigenvalue weighted by atomic mass is 10.1. The summed E-state index contributed by atoms with van der Waals surface area (Å²) >= 11 is 0. The summed E-state index contributed by atoms with van der Waals surface area (Å²) in [6.07, 6.45) is 2.38. The van der Waals surface area contributed by atoms with E-state index in [4.69, 9.17) is 9.97 Å². The second kappa shape index (κ2) is 8.13. The van der Waals surface area contributed by atoms with Crippen LogP contribution in [0.25, 0.3) is 21.7 Å². The highest BCUT2D eigenvalue weighted by Gasteiger charge is 2.19. The molecule has 1 unspecified atom stereocenters. The zero-order valence-electron chi connectivity index (χ0n) is 17.0. The third-order valence-corrected chi connectivity index (χ3v) is 6.76. The van der Waals surface area contributed by atoms with Crippen molar-refractivity contribution in [3.05, 3.63) is 72.1 Å². The number of aryl methyl sites for hydroxylation is 1. The fraction of sp³-hybridized carbons (Fsp3) is 0.250. The van der Waals surface area contributed by atoms with E-state index in [1.807, 2.05) is 42.5 Å². The van der Waals surface area contributed by atoms with Crippen LogP contribution in [0.5, 0.6) is 0 Å². The Morgan fingerprint density at radius 1 is 0.967 bits per heavy atom. The molecule has 30 heavy (non-hydrogen) atoms. The Morgan fingerprint density at radius 3 is 2.63 bits per heavy atom. The van der Waals surface area contributed by atoms with Crippen molar-refractivity contribution in [2.45, 2.75) is 31.2 Å². The molecule has 1 fully saturated rings. The molecule has 1 aromatic heterocycles. The van der Waals surface area contributed by atoms with Crippen LogP contribution >= 0.6 is 0 Å². The molecule has 5 rings (SSSR count). The molecule has 3 aromatic carbocycles. The SMILES string of the molecule is Cc1ccc2nc(CNS(=O)c3cccc4ccccc34)nc(N3CCCC3)c2c1. The molecule has 152 valence electrons. The number of nitrogens with zero attached hydrogens (tertiary/aromatic N) is 3. The molecule has 2 heterocycles. The summed E-state index contributed by atoms with van der Waals surface area (Å²) in [6, 6.07) is 20.2. The first-order valence-corrected chi connectivity index (χ1v) is 11.5. The van der Waals surface area contributed by atoms with Crippen molar-refractivity contribution in [2.75, 3.05) is 18.0 Å². The second-order valence-electron chi connectivity index (χ2n) is 7.75. The van der Waals surface area contributed by atoms with Gasteiger partial charge in [0.1, 0.15) is 22.6 Å². The van der Waals surface area contributed by atoms with Crippen molar-refractivity contribution < 1.29 is 4.21 Å². The topological polar surface area (TPSA) is 58.1 Å². The molecule has 1 aliphatic rings. The Bertz CT molecular complexity index is 1250. The van der Waals surface area contributed by atoms with Gasteiger partial charge >= 0.3 is 0 Å². The fourth-order valence-electron chi connectivity index (χ4n) is 4.09. The van der Waals surface area contributed by atoms with Crippen LogP contribution in [0.15, 0.2) is 65.6 Å². The molecule has 0 radical (unpaired) electrons. The number of aromatic nitrogens is 2. The van der Waals surface area contributed by atoms with E-state index in [-0.39, 0.29) is 0 Å². The monoisotopic (exact) mass is 416 g/mol. The molecule has 4 aromatic rings. The van der Waals surface area contributed by atoms with Gasteiger partial charge in [-0.3, -0.25) is 0 Å². The van der Waals surface area contributed by atoms with Gasteiger partial charge < -0.3 is 4.90 Å². The Kier molecular flexibility index (Phi) is 5.19. The highest BCUT2D eigenvalue weighted by molar-refractivity contribution is 7.83. The molecule has 1 N–H and O–H groups in total. The van der Waals surface area contributed by atoms with Crippen molar-refractivity contribution in [1.82, 2.24) is 14.7 Å². The van der Waals surface area contributed by atoms with Crippen LogP contribution in [0.4, 0.5) is 5.82 Å². The van der Waals surface area contributed by atoms with Gasteiger partial charge in [0.05, 0.1) is 17.0 Å². The maximum atomic E-state index is 13.0. The number of fused-ring (bicyclic) bond motifs is 2. The first-order valence-electron chi connectivity index (χ1n) is 10.3. The fourth-order valence-corrected chi connectivity index (χ4v) is 5.09. The molecule has 1 atom stereocenters. The Balaban J connectivity index is 1.45. The minimum Gasteiger partial charge on any atom is -0.356 e. The van der Waals surface area contributed by atoms with Gasteiger partial charge in [-0.1, -0.05) is 48.0 Å². The van der Waals surface area contributed by atoms with E-state index < -0.39 is 11.0 Å². The standard InChI is InChI=1S/C24H24N4OS/c1-17-11-12-21-20(15-17)24(28-13-4-5-14-28)27-23(26-21)16-25-30(29)22-10-6-8-18-7-2-3-9-19(18)22/h2-3,6-12,15,25H,4-5,13-14,16H2,1H3. The average Bonchev–Trinajstić information content (AvgIpc) is 3.31. The minimum absolute atomic E-state index is 0.348. The first kappa shape index (κ1) is 19.2. The Labute approximate surface area is 178 Å². The summed E-state index contributed by atoms with van der Waals surface area (Å²) < 4.78 is 16.1. The number of hydrogen-bond acceptors (Lipinski definition) is 4. The van der Waals surface area contributed by atoms with E-state index >= 15 is 0 Å². The van der Waals surface area contributed by atoms with Crippen LogP contribution in [0.1, 0.15) is 24.2 Å². The van der Waals surface area contributed by atoms with Crippen LogP contribution < -0.4 is 9.62 Å². The molecular formula is C24H24N4OS. The zero-order valence-corrected chi connectivity index (χ0v) is 17.8. The lowest BCUT2D eigenvalue weighted by Gasteiger charge is -2.19. The largest absolute Gasteiger partial charge is 0.356 e. The second-order valence-corrected chi connectivity index (χ2v) is 9.01. The van der Waals surface area contributed by atoms with Gasteiger partial charge in [0.15, 0.2) is 0 Å². The van der Waals surface area contributed by atoms with Gasteiger partial charge in [-0.05, 0) is 48.7 Å². The van der Waals surface area contributed by atoms with Crippen molar-refractivity contribution in [2.24, 2.45) is 0 Å². The van der Waals surface area contributed by atoms with Crippen molar-refractivity contribution >= 4 is 38.5 Å². The molecule has 0 bridgehead atoms. The summed E-state index contributed by atoms with van der Waals surface area (Å²) in [4.78, 5) is 12.7. The molecule has 6 heteroatoms. The van der Waals surface area contributed by atoms with E-state index in [2.05, 4.69) is 34.7 Å². The smallest absolute Gasteiger partial charge is 0.146 e. The van der Waals surface area contributed by atoms with E-state index in [1.54, 1.807) is 0 Å². The zero-order chi connectivity index (χ0) is 20.5. The van der Waals surface area contributed by atoms with E-state index in [9.17, 15) is 4.21 Å². The predicted molar refractivity (Wildman–Crippen MR) is 123 cm³/mol. The molecule has 1 saturated heterocycles. The normalized spacial score (nSPS) is 15.2. The number of nitrogens with one attached hydrogen (secondary N) is 1. The summed E-state index contributed by atoms with van der Waals surface area (Å²) in [5.41, 5.74) is 2.14. The molecule has 0 spiro atoms. The van der Waals surface area contributed by atoms with Crippen molar-refractivity contribution in [3.63, 3.8) is 0 Å². The first-order chi connectivity index (χ1) is 14.7. The van der Waals surface area contributed by atoms with E-state index in [0.717, 1.165) is 45.5 Å². The average molecular weight is 417 g/mol. The number of anilines is 1. The highest BCUT2D eigenvalue weighted by Crippen LogP contribution is 2.28. The molecule has 5 nitrogen and oxygen atoms in total. The summed E-state index contributed by atoms with van der Waals surface area (Å²) in [5.74, 6) is 1.66. The lowest BCUT2D eigenvalue weighted by molar-refractivity contribution is 0.669. The maximum absolute atomic E-state index is 13.0. The van der Waals surface area contributed by atoms with Crippen LogP contribution in [0, 0.1) is 6.92 Å². The lowest BCUT2D eigenvalue weighted by Crippen LogP contribution is -2.23. The van der Waals surface area contributed by atoms with Gasteiger partial charge in [0.25, 0.3) is 0 Å². The van der Waals surface area contributed by atoms with Crippen LogP contribution in [0.3, 0.4) is 0 Å². The summed E-state index contributed by atoms with van der Waals surface area (Å²) in [7, 11) is -1.35. The summed E-state index contributed by atoms with van der Waals surface area (Å²) in [6.45, 7) is 4.49.